The van der Waals surface area contributed by atoms with Gasteiger partial charge in [0.05, 0.1) is 13.2 Å². The molecular formula is C16H22O6. The monoisotopic (exact) mass is 310 g/mol. The third-order valence-corrected chi connectivity index (χ3v) is 3.90. The molecule has 0 aromatic heterocycles. The number of fused-ring (bicyclic) bond motifs is 1. The molecule has 0 radical (unpaired) electrons. The lowest BCUT2D eigenvalue weighted by molar-refractivity contribution is -0.304. The average molecular weight is 310 g/mol. The van der Waals surface area contributed by atoms with E-state index in [1.54, 1.807) is 13.8 Å². The van der Waals surface area contributed by atoms with Crippen molar-refractivity contribution >= 4 is 0 Å². The molecule has 5 atom stereocenters. The van der Waals surface area contributed by atoms with E-state index in [2.05, 4.69) is 0 Å². The summed E-state index contributed by atoms with van der Waals surface area (Å²) in [4.78, 5) is 0. The zero-order valence-corrected chi connectivity index (χ0v) is 12.7. The number of hydrogen-bond donors (Lipinski definition) is 2. The van der Waals surface area contributed by atoms with Gasteiger partial charge in [-0.05, 0) is 13.8 Å². The molecule has 2 N–H and O–H groups in total. The van der Waals surface area contributed by atoms with Crippen molar-refractivity contribution in [1.29, 1.82) is 0 Å². The van der Waals surface area contributed by atoms with Crippen molar-refractivity contribution in [3.05, 3.63) is 35.9 Å². The van der Waals surface area contributed by atoms with Crippen LogP contribution in [0.3, 0.4) is 0 Å². The summed E-state index contributed by atoms with van der Waals surface area (Å²) in [6.07, 6.45) is -3.41. The lowest BCUT2D eigenvalue weighted by Crippen LogP contribution is -2.51. The number of hydrogen-bond acceptors (Lipinski definition) is 6. The summed E-state index contributed by atoms with van der Waals surface area (Å²) >= 11 is 0. The molecule has 0 amide bonds. The molecule has 0 bridgehead atoms. The fourth-order valence-electron chi connectivity index (χ4n) is 2.92. The van der Waals surface area contributed by atoms with Gasteiger partial charge in [-0.15, -0.1) is 0 Å². The van der Waals surface area contributed by atoms with E-state index in [-0.39, 0.29) is 13.2 Å². The van der Waals surface area contributed by atoms with Crippen molar-refractivity contribution in [3.8, 4) is 0 Å². The van der Waals surface area contributed by atoms with E-state index in [0.29, 0.717) is 0 Å². The van der Waals surface area contributed by atoms with E-state index >= 15 is 0 Å². The van der Waals surface area contributed by atoms with Gasteiger partial charge in [-0.2, -0.15) is 0 Å². The van der Waals surface area contributed by atoms with Crippen molar-refractivity contribution in [3.63, 3.8) is 0 Å². The molecule has 1 aromatic rings. The molecule has 6 heteroatoms. The van der Waals surface area contributed by atoms with E-state index in [0.717, 1.165) is 5.56 Å². The van der Waals surface area contributed by atoms with Gasteiger partial charge in [-0.3, -0.25) is 0 Å². The largest absolute Gasteiger partial charge is 0.394 e. The summed E-state index contributed by atoms with van der Waals surface area (Å²) in [6, 6.07) is 9.52. The summed E-state index contributed by atoms with van der Waals surface area (Å²) in [5.74, 6) is -0.930. The molecule has 2 aliphatic rings. The molecule has 6 nitrogen and oxygen atoms in total. The molecule has 1 unspecified atom stereocenters. The Labute approximate surface area is 129 Å². The van der Waals surface area contributed by atoms with Gasteiger partial charge in [-0.25, -0.2) is 0 Å². The van der Waals surface area contributed by atoms with Gasteiger partial charge in [0.15, 0.2) is 12.1 Å². The van der Waals surface area contributed by atoms with Gasteiger partial charge in [0.1, 0.15) is 24.4 Å². The minimum absolute atomic E-state index is 0.284. The Kier molecular flexibility index (Phi) is 4.49. The van der Waals surface area contributed by atoms with E-state index in [1.807, 2.05) is 30.3 Å². The van der Waals surface area contributed by atoms with Crippen LogP contribution < -0.4 is 0 Å². The lowest BCUT2D eigenvalue weighted by atomic mass is 10.0. The van der Waals surface area contributed by atoms with Crippen LogP contribution in [-0.2, 0) is 18.9 Å². The molecule has 2 aliphatic heterocycles. The van der Waals surface area contributed by atoms with Crippen LogP contribution in [-0.4, -0.2) is 53.6 Å². The van der Waals surface area contributed by atoms with Gasteiger partial charge in [0.2, 0.25) is 0 Å². The van der Waals surface area contributed by atoms with Crippen LogP contribution in [0.15, 0.2) is 30.3 Å². The lowest BCUT2D eigenvalue weighted by Gasteiger charge is -2.38. The van der Waals surface area contributed by atoms with Crippen molar-refractivity contribution in [2.75, 3.05) is 13.2 Å². The van der Waals surface area contributed by atoms with Crippen LogP contribution in [0.25, 0.3) is 0 Å². The Morgan fingerprint density at radius 2 is 1.91 bits per heavy atom. The average Bonchev–Trinajstić information content (AvgIpc) is 2.62. The van der Waals surface area contributed by atoms with E-state index in [9.17, 15) is 10.2 Å². The quantitative estimate of drug-likeness (QED) is 0.848. The number of aliphatic hydroxyl groups excluding tert-OH is 2. The minimum Gasteiger partial charge on any atom is -0.394 e. The number of benzene rings is 1. The normalized spacial score (nSPS) is 38.1. The smallest absolute Gasteiger partial charge is 0.184 e. The molecule has 0 spiro atoms. The van der Waals surface area contributed by atoms with Crippen LogP contribution >= 0.6 is 0 Å². The van der Waals surface area contributed by atoms with Crippen LogP contribution in [0.5, 0.6) is 0 Å². The van der Waals surface area contributed by atoms with Crippen molar-refractivity contribution in [1.82, 2.24) is 0 Å². The topological polar surface area (TPSA) is 77.4 Å². The number of aliphatic hydroxyl groups is 2. The standard InChI is InChI=1S/C16H22O6/c1-16(2)21-11(8-17)13(18)14-12(22-16)9-19-15(20-14)10-6-4-3-5-7-10/h3-7,11-15,17-18H,8-9H2,1-2H3/t11-,12-,13-,14-,15?/m1/s1. The minimum atomic E-state index is -0.994. The first kappa shape index (κ1) is 15.9. The molecule has 0 saturated carbocycles. The van der Waals surface area contributed by atoms with E-state index < -0.39 is 36.5 Å². The van der Waals surface area contributed by atoms with Crippen LogP contribution in [0, 0.1) is 0 Å². The van der Waals surface area contributed by atoms with E-state index in [4.69, 9.17) is 18.9 Å². The molecule has 0 aliphatic carbocycles. The highest BCUT2D eigenvalue weighted by Gasteiger charge is 2.48. The van der Waals surface area contributed by atoms with Crippen molar-refractivity contribution in [2.45, 2.75) is 50.3 Å². The van der Waals surface area contributed by atoms with Crippen LogP contribution in [0.4, 0.5) is 0 Å². The molecular weight excluding hydrogens is 288 g/mol. The van der Waals surface area contributed by atoms with Crippen molar-refractivity contribution < 1.29 is 29.2 Å². The molecule has 22 heavy (non-hydrogen) atoms. The second-order valence-corrected chi connectivity index (χ2v) is 6.06. The van der Waals surface area contributed by atoms with Gasteiger partial charge in [0, 0.05) is 5.56 Å². The third-order valence-electron chi connectivity index (χ3n) is 3.90. The summed E-state index contributed by atoms with van der Waals surface area (Å²) < 4.78 is 23.1. The maximum atomic E-state index is 10.5. The fraction of sp³-hybridized carbons (Fsp3) is 0.625. The number of rotatable bonds is 2. The maximum Gasteiger partial charge on any atom is 0.184 e. The third kappa shape index (κ3) is 3.17. The first-order chi connectivity index (χ1) is 10.5. The van der Waals surface area contributed by atoms with Gasteiger partial charge in [0.25, 0.3) is 0 Å². The first-order valence-corrected chi connectivity index (χ1v) is 7.47. The highest BCUT2D eigenvalue weighted by Crippen LogP contribution is 2.35. The van der Waals surface area contributed by atoms with Gasteiger partial charge in [-0.1, -0.05) is 30.3 Å². The fourth-order valence-corrected chi connectivity index (χ4v) is 2.92. The Hall–Kier alpha value is -1.02. The predicted molar refractivity (Wildman–Crippen MR) is 76.9 cm³/mol. The second-order valence-electron chi connectivity index (χ2n) is 6.06. The second kappa shape index (κ2) is 6.23. The summed E-state index contributed by atoms with van der Waals surface area (Å²) in [5, 5.41) is 20.0. The predicted octanol–water partition coefficient (Wildman–Crippen LogP) is 0.974. The van der Waals surface area contributed by atoms with E-state index in [1.165, 1.54) is 0 Å². The zero-order chi connectivity index (χ0) is 15.7. The molecule has 1 aromatic carbocycles. The molecule has 2 fully saturated rings. The summed E-state index contributed by atoms with van der Waals surface area (Å²) in [6.45, 7) is 3.46. The number of ether oxygens (including phenoxy) is 4. The molecule has 122 valence electrons. The van der Waals surface area contributed by atoms with Gasteiger partial charge >= 0.3 is 0 Å². The molecule has 2 heterocycles. The SMILES string of the molecule is CC1(C)O[C@H](CO)[C@@H](O)[C@@H]2OC(c3ccccc3)OC[C@H]2O1. The maximum absolute atomic E-state index is 10.5. The molecule has 3 rings (SSSR count). The van der Waals surface area contributed by atoms with Crippen molar-refractivity contribution in [2.24, 2.45) is 0 Å². The Morgan fingerprint density at radius 3 is 2.59 bits per heavy atom. The Bertz CT molecular complexity index is 491. The van der Waals surface area contributed by atoms with Crippen LogP contribution in [0.1, 0.15) is 25.7 Å². The summed E-state index contributed by atoms with van der Waals surface area (Å²) in [7, 11) is 0. The molecule has 2 saturated heterocycles. The first-order valence-electron chi connectivity index (χ1n) is 7.47. The summed E-state index contributed by atoms with van der Waals surface area (Å²) in [5.41, 5.74) is 0.873. The highest BCUT2D eigenvalue weighted by atomic mass is 16.8. The highest BCUT2D eigenvalue weighted by molar-refractivity contribution is 5.16. The van der Waals surface area contributed by atoms with Gasteiger partial charge < -0.3 is 29.2 Å². The zero-order valence-electron chi connectivity index (χ0n) is 12.7. The van der Waals surface area contributed by atoms with Crippen LogP contribution in [0.2, 0.25) is 0 Å². The Balaban J connectivity index is 1.81. The Morgan fingerprint density at radius 1 is 1.18 bits per heavy atom.